The monoisotopic (exact) mass is 130 g/mol. The number of aliphatic hydroxyl groups excluding tert-OH is 1. The Morgan fingerprint density at radius 3 is 0.778 bits per heavy atom. The summed E-state index contributed by atoms with van der Waals surface area (Å²) in [4.78, 5) is 0. The van der Waals surface area contributed by atoms with Crippen LogP contribution in [-0.2, 0) is 0 Å². The van der Waals surface area contributed by atoms with E-state index in [2.05, 4.69) is 0 Å². The fraction of sp³-hybridized carbons (Fsp3) is 1.00. The van der Waals surface area contributed by atoms with Crippen LogP contribution in [0.15, 0.2) is 0 Å². The molecule has 0 atom stereocenters. The number of aliphatic hydroxyl groups is 1. The number of hydrogen-bond acceptors (Lipinski definition) is 1. The highest BCUT2D eigenvalue weighted by atomic mass is 16.2. The maximum Gasteiger partial charge on any atom is 0.0319 e. The zero-order valence-electron chi connectivity index (χ0n) is 6.40. The van der Waals surface area contributed by atoms with Crippen LogP contribution in [0.1, 0.15) is 44.9 Å². The van der Waals surface area contributed by atoms with Gasteiger partial charge in [0.1, 0.15) is 0 Å². The van der Waals surface area contributed by atoms with E-state index in [0.717, 1.165) is 7.11 Å². The Labute approximate surface area is 58.1 Å². The lowest BCUT2D eigenvalue weighted by Crippen LogP contribution is -1.66. The molecule has 0 amide bonds. The van der Waals surface area contributed by atoms with Crippen molar-refractivity contribution in [2.75, 3.05) is 7.11 Å². The molecule has 0 unspecified atom stereocenters. The standard InChI is InChI=1S/C7H14.CH4O/c1-2-4-6-7-5-3-1;1-2/h1-7H2;2H,1H3. The summed E-state index contributed by atoms with van der Waals surface area (Å²) in [5, 5.41) is 7.00. The van der Waals surface area contributed by atoms with Crippen molar-refractivity contribution in [1.82, 2.24) is 0 Å². The Bertz CT molecular complexity index is 24.2. The summed E-state index contributed by atoms with van der Waals surface area (Å²) in [5.74, 6) is 0. The Morgan fingerprint density at radius 2 is 0.667 bits per heavy atom. The molecule has 0 spiro atoms. The van der Waals surface area contributed by atoms with Gasteiger partial charge in [-0.2, -0.15) is 0 Å². The molecule has 0 radical (unpaired) electrons. The maximum absolute atomic E-state index is 7.00. The van der Waals surface area contributed by atoms with Crippen molar-refractivity contribution in [2.45, 2.75) is 44.9 Å². The van der Waals surface area contributed by atoms with Gasteiger partial charge < -0.3 is 5.11 Å². The molecule has 1 aliphatic carbocycles. The summed E-state index contributed by atoms with van der Waals surface area (Å²) < 4.78 is 0. The normalized spacial score (nSPS) is 19.3. The van der Waals surface area contributed by atoms with E-state index >= 15 is 0 Å². The van der Waals surface area contributed by atoms with Gasteiger partial charge in [0.25, 0.3) is 0 Å². The Hall–Kier alpha value is -0.0400. The molecule has 9 heavy (non-hydrogen) atoms. The van der Waals surface area contributed by atoms with Crippen molar-refractivity contribution in [3.63, 3.8) is 0 Å². The van der Waals surface area contributed by atoms with Gasteiger partial charge in [0.15, 0.2) is 0 Å². The topological polar surface area (TPSA) is 20.2 Å². The van der Waals surface area contributed by atoms with Gasteiger partial charge in [-0.05, 0) is 0 Å². The van der Waals surface area contributed by atoms with E-state index in [9.17, 15) is 0 Å². The summed E-state index contributed by atoms with van der Waals surface area (Å²) >= 11 is 0. The molecule has 0 aromatic heterocycles. The second kappa shape index (κ2) is 7.96. The van der Waals surface area contributed by atoms with Gasteiger partial charge in [0, 0.05) is 7.11 Å². The third-order valence-corrected chi connectivity index (χ3v) is 1.75. The van der Waals surface area contributed by atoms with Gasteiger partial charge in [-0.25, -0.2) is 0 Å². The predicted molar refractivity (Wildman–Crippen MR) is 40.5 cm³/mol. The molecule has 0 aromatic rings. The quantitative estimate of drug-likeness (QED) is 0.499. The molecule has 0 heterocycles. The minimum absolute atomic E-state index is 1.00. The fourth-order valence-electron chi connectivity index (χ4n) is 1.24. The van der Waals surface area contributed by atoms with Crippen LogP contribution < -0.4 is 0 Å². The molecule has 1 fully saturated rings. The second-order valence-corrected chi connectivity index (χ2v) is 2.47. The van der Waals surface area contributed by atoms with Crippen molar-refractivity contribution in [2.24, 2.45) is 0 Å². The maximum atomic E-state index is 7.00. The number of hydrogen-bond donors (Lipinski definition) is 1. The van der Waals surface area contributed by atoms with E-state index in [0.29, 0.717) is 0 Å². The Kier molecular flexibility index (Phi) is 7.92. The third-order valence-electron chi connectivity index (χ3n) is 1.75. The van der Waals surface area contributed by atoms with Gasteiger partial charge in [0.05, 0.1) is 0 Å². The van der Waals surface area contributed by atoms with Crippen LogP contribution in [-0.4, -0.2) is 12.2 Å². The van der Waals surface area contributed by atoms with Gasteiger partial charge in [-0.15, -0.1) is 0 Å². The van der Waals surface area contributed by atoms with Crippen LogP contribution in [0.5, 0.6) is 0 Å². The van der Waals surface area contributed by atoms with Crippen LogP contribution in [0.3, 0.4) is 0 Å². The van der Waals surface area contributed by atoms with Crippen molar-refractivity contribution >= 4 is 0 Å². The molecule has 1 saturated carbocycles. The first-order valence-electron chi connectivity index (χ1n) is 3.95. The van der Waals surface area contributed by atoms with Gasteiger partial charge in [-0.1, -0.05) is 44.9 Å². The summed E-state index contributed by atoms with van der Waals surface area (Å²) in [6.45, 7) is 0. The van der Waals surface area contributed by atoms with Gasteiger partial charge in [0.2, 0.25) is 0 Å². The van der Waals surface area contributed by atoms with E-state index in [4.69, 9.17) is 5.11 Å². The molecule has 1 N–H and O–H groups in total. The molecular weight excluding hydrogens is 112 g/mol. The summed E-state index contributed by atoms with van der Waals surface area (Å²) in [7, 11) is 1.00. The summed E-state index contributed by atoms with van der Waals surface area (Å²) in [6, 6.07) is 0. The Morgan fingerprint density at radius 1 is 0.556 bits per heavy atom. The zero-order valence-corrected chi connectivity index (χ0v) is 6.40. The van der Waals surface area contributed by atoms with Crippen molar-refractivity contribution < 1.29 is 5.11 Å². The zero-order chi connectivity index (χ0) is 6.95. The molecule has 1 nitrogen and oxygen atoms in total. The first-order chi connectivity index (χ1) is 4.50. The first kappa shape index (κ1) is 8.96. The second-order valence-electron chi connectivity index (χ2n) is 2.47. The minimum Gasteiger partial charge on any atom is -0.400 e. The Balaban J connectivity index is 0.000000291. The van der Waals surface area contributed by atoms with E-state index in [-0.39, 0.29) is 0 Å². The molecule has 0 bridgehead atoms. The molecule has 56 valence electrons. The van der Waals surface area contributed by atoms with Crippen molar-refractivity contribution in [3.8, 4) is 0 Å². The smallest absolute Gasteiger partial charge is 0.0319 e. The minimum atomic E-state index is 1.00. The predicted octanol–water partition coefficient (Wildman–Crippen LogP) is 2.34. The van der Waals surface area contributed by atoms with Crippen LogP contribution in [0.2, 0.25) is 0 Å². The van der Waals surface area contributed by atoms with Gasteiger partial charge in [-0.3, -0.25) is 0 Å². The average Bonchev–Trinajstić information content (AvgIpc) is 2.21. The van der Waals surface area contributed by atoms with E-state index in [1.165, 1.54) is 44.9 Å². The molecule has 1 rings (SSSR count). The van der Waals surface area contributed by atoms with Crippen LogP contribution in [0.4, 0.5) is 0 Å². The first-order valence-corrected chi connectivity index (χ1v) is 3.95. The average molecular weight is 130 g/mol. The van der Waals surface area contributed by atoms with E-state index < -0.39 is 0 Å². The highest BCUT2D eigenvalue weighted by Crippen LogP contribution is 2.15. The number of rotatable bonds is 0. The van der Waals surface area contributed by atoms with Crippen LogP contribution in [0.25, 0.3) is 0 Å². The van der Waals surface area contributed by atoms with Crippen LogP contribution in [0, 0.1) is 0 Å². The highest BCUT2D eigenvalue weighted by molar-refractivity contribution is 4.51. The van der Waals surface area contributed by atoms with Gasteiger partial charge >= 0.3 is 0 Å². The van der Waals surface area contributed by atoms with Crippen molar-refractivity contribution in [1.29, 1.82) is 0 Å². The van der Waals surface area contributed by atoms with E-state index in [1.807, 2.05) is 0 Å². The fourth-order valence-corrected chi connectivity index (χ4v) is 1.24. The molecule has 0 aliphatic heterocycles. The summed E-state index contributed by atoms with van der Waals surface area (Å²) in [5.41, 5.74) is 0. The molecule has 1 aliphatic rings. The molecule has 0 saturated heterocycles. The lowest BCUT2D eigenvalue weighted by molar-refractivity contribution is 0.399. The summed E-state index contributed by atoms with van der Waals surface area (Å²) in [6.07, 6.45) is 10.5. The third kappa shape index (κ3) is 5.84. The highest BCUT2D eigenvalue weighted by Gasteiger charge is 1.95. The SMILES string of the molecule is C1CCCCCC1.CO. The van der Waals surface area contributed by atoms with Crippen LogP contribution >= 0.6 is 0 Å². The largest absolute Gasteiger partial charge is 0.400 e. The van der Waals surface area contributed by atoms with Crippen molar-refractivity contribution in [3.05, 3.63) is 0 Å². The molecule has 0 aromatic carbocycles. The van der Waals surface area contributed by atoms with E-state index in [1.54, 1.807) is 0 Å². The molecule has 1 heteroatoms. The molecular formula is C8H18O. The lowest BCUT2D eigenvalue weighted by Gasteiger charge is -1.85. The lowest BCUT2D eigenvalue weighted by atomic mass is 10.2.